The molecule has 0 aliphatic carbocycles. The van der Waals surface area contributed by atoms with Crippen LogP contribution in [0.5, 0.6) is 11.5 Å². The first kappa shape index (κ1) is 15.0. The normalized spacial score (nSPS) is 11.8. The van der Waals surface area contributed by atoms with Crippen LogP contribution in [0.15, 0.2) is 48.5 Å². The van der Waals surface area contributed by atoms with Gasteiger partial charge in [-0.2, -0.15) is 0 Å². The predicted octanol–water partition coefficient (Wildman–Crippen LogP) is 2.08. The van der Waals surface area contributed by atoms with Crippen LogP contribution in [0.25, 0.3) is 0 Å². The molecule has 2 rings (SSSR count). The summed E-state index contributed by atoms with van der Waals surface area (Å²) in [6, 6.07) is 14.4. The molecule has 0 fully saturated rings. The van der Waals surface area contributed by atoms with Gasteiger partial charge >= 0.3 is 0 Å². The van der Waals surface area contributed by atoms with Crippen molar-refractivity contribution in [2.75, 3.05) is 11.9 Å². The Hall–Kier alpha value is -2.37. The summed E-state index contributed by atoms with van der Waals surface area (Å²) >= 11 is 0. The molecule has 0 spiro atoms. The predicted molar refractivity (Wildman–Crippen MR) is 79.4 cm³/mol. The quantitative estimate of drug-likeness (QED) is 0.786. The van der Waals surface area contributed by atoms with Gasteiger partial charge in [0.1, 0.15) is 11.5 Å². The summed E-state index contributed by atoms with van der Waals surface area (Å²) in [6.07, 6.45) is -1.42. The zero-order chi connectivity index (χ0) is 15.2. The van der Waals surface area contributed by atoms with Crippen LogP contribution in [-0.2, 0) is 4.79 Å². The second-order valence-electron chi connectivity index (χ2n) is 4.63. The van der Waals surface area contributed by atoms with Crippen LogP contribution in [0.2, 0.25) is 0 Å². The smallest absolute Gasteiger partial charge is 0.255 e. The molecule has 0 heterocycles. The Labute approximate surface area is 122 Å². The average molecular weight is 287 g/mol. The number of aliphatic hydroxyl groups excluding tert-OH is 2. The molecule has 2 aromatic rings. The number of hydrogen-bond donors (Lipinski definition) is 3. The Morgan fingerprint density at radius 2 is 1.62 bits per heavy atom. The minimum atomic E-state index is -1.42. The van der Waals surface area contributed by atoms with Crippen LogP contribution in [0.3, 0.4) is 0 Å². The van der Waals surface area contributed by atoms with Gasteiger partial charge in [0, 0.05) is 5.69 Å². The standard InChI is InChI=1S/C16H17NO4/c1-11-2-6-13(7-3-11)21-14-8-4-12(5-9-14)17-16(20)15(19)10-18/h2-9,15,18-19H,10H2,1H3,(H,17,20). The van der Waals surface area contributed by atoms with E-state index in [0.29, 0.717) is 11.4 Å². The number of anilines is 1. The maximum absolute atomic E-state index is 11.4. The molecule has 0 aliphatic rings. The topological polar surface area (TPSA) is 78.8 Å². The number of amides is 1. The molecule has 0 saturated heterocycles. The molecule has 1 atom stereocenters. The van der Waals surface area contributed by atoms with Gasteiger partial charge in [0.25, 0.3) is 5.91 Å². The van der Waals surface area contributed by atoms with E-state index in [1.807, 2.05) is 31.2 Å². The zero-order valence-electron chi connectivity index (χ0n) is 11.6. The number of hydrogen-bond acceptors (Lipinski definition) is 4. The molecule has 1 unspecified atom stereocenters. The molecule has 0 saturated carbocycles. The third kappa shape index (κ3) is 4.30. The van der Waals surface area contributed by atoms with Gasteiger partial charge in [0.15, 0.2) is 6.10 Å². The number of rotatable bonds is 5. The summed E-state index contributed by atoms with van der Waals surface area (Å²) in [5.41, 5.74) is 1.67. The van der Waals surface area contributed by atoms with E-state index < -0.39 is 18.6 Å². The molecule has 5 nitrogen and oxygen atoms in total. The second-order valence-corrected chi connectivity index (χ2v) is 4.63. The number of carbonyl (C=O) groups is 1. The maximum Gasteiger partial charge on any atom is 0.255 e. The molecule has 2 aromatic carbocycles. The maximum atomic E-state index is 11.4. The fourth-order valence-electron chi connectivity index (χ4n) is 1.66. The molecular formula is C16H17NO4. The summed E-state index contributed by atoms with van der Waals surface area (Å²) < 4.78 is 5.66. The molecule has 1 amide bonds. The van der Waals surface area contributed by atoms with E-state index in [1.165, 1.54) is 0 Å². The summed E-state index contributed by atoms with van der Waals surface area (Å²) in [6.45, 7) is 1.39. The third-order valence-electron chi connectivity index (χ3n) is 2.85. The first-order valence-corrected chi connectivity index (χ1v) is 6.53. The highest BCUT2D eigenvalue weighted by Gasteiger charge is 2.13. The first-order valence-electron chi connectivity index (χ1n) is 6.53. The fourth-order valence-corrected chi connectivity index (χ4v) is 1.66. The minimum absolute atomic E-state index is 0.517. The Morgan fingerprint density at radius 3 is 2.14 bits per heavy atom. The third-order valence-corrected chi connectivity index (χ3v) is 2.85. The monoisotopic (exact) mass is 287 g/mol. The summed E-state index contributed by atoms with van der Waals surface area (Å²) in [5.74, 6) is 0.720. The Balaban J connectivity index is 1.98. The molecule has 3 N–H and O–H groups in total. The molecule has 5 heteroatoms. The highest BCUT2D eigenvalue weighted by Crippen LogP contribution is 2.23. The van der Waals surface area contributed by atoms with Gasteiger partial charge in [-0.15, -0.1) is 0 Å². The highest BCUT2D eigenvalue weighted by molar-refractivity contribution is 5.94. The van der Waals surface area contributed by atoms with Crippen molar-refractivity contribution in [3.63, 3.8) is 0 Å². The van der Waals surface area contributed by atoms with E-state index in [9.17, 15) is 9.90 Å². The van der Waals surface area contributed by atoms with Crippen LogP contribution in [-0.4, -0.2) is 28.8 Å². The van der Waals surface area contributed by atoms with Crippen LogP contribution in [0, 0.1) is 6.92 Å². The van der Waals surface area contributed by atoms with Gasteiger partial charge in [-0.05, 0) is 43.3 Å². The van der Waals surface area contributed by atoms with E-state index in [0.717, 1.165) is 11.3 Å². The Bertz CT molecular complexity index is 593. The van der Waals surface area contributed by atoms with Crippen molar-refractivity contribution < 1.29 is 19.7 Å². The number of aryl methyl sites for hydroxylation is 1. The van der Waals surface area contributed by atoms with Gasteiger partial charge in [0.2, 0.25) is 0 Å². The number of ether oxygens (including phenoxy) is 1. The summed E-state index contributed by atoms with van der Waals surface area (Å²) in [7, 11) is 0. The van der Waals surface area contributed by atoms with E-state index in [2.05, 4.69) is 5.32 Å². The number of nitrogens with one attached hydrogen (secondary N) is 1. The van der Waals surface area contributed by atoms with Crippen molar-refractivity contribution in [3.8, 4) is 11.5 Å². The fraction of sp³-hybridized carbons (Fsp3) is 0.188. The first-order chi connectivity index (χ1) is 10.1. The Kier molecular flexibility index (Phi) is 4.92. The molecule has 0 bridgehead atoms. The van der Waals surface area contributed by atoms with Crippen LogP contribution in [0.1, 0.15) is 5.56 Å². The molecule has 0 aromatic heterocycles. The SMILES string of the molecule is Cc1ccc(Oc2ccc(NC(=O)C(O)CO)cc2)cc1. The van der Waals surface area contributed by atoms with Gasteiger partial charge in [-0.1, -0.05) is 17.7 Å². The van der Waals surface area contributed by atoms with Gasteiger partial charge in [0.05, 0.1) is 6.61 Å². The minimum Gasteiger partial charge on any atom is -0.457 e. The lowest BCUT2D eigenvalue weighted by Crippen LogP contribution is -2.30. The van der Waals surface area contributed by atoms with E-state index in [-0.39, 0.29) is 0 Å². The number of benzene rings is 2. The number of aliphatic hydroxyl groups is 2. The molecule has 21 heavy (non-hydrogen) atoms. The van der Waals surface area contributed by atoms with Crippen molar-refractivity contribution in [2.45, 2.75) is 13.0 Å². The van der Waals surface area contributed by atoms with Crippen molar-refractivity contribution >= 4 is 11.6 Å². The van der Waals surface area contributed by atoms with E-state index in [1.54, 1.807) is 24.3 Å². The number of carbonyl (C=O) groups excluding carboxylic acids is 1. The van der Waals surface area contributed by atoms with Crippen LogP contribution in [0.4, 0.5) is 5.69 Å². The lowest BCUT2D eigenvalue weighted by molar-refractivity contribution is -0.125. The largest absolute Gasteiger partial charge is 0.457 e. The van der Waals surface area contributed by atoms with Crippen molar-refractivity contribution in [3.05, 3.63) is 54.1 Å². The van der Waals surface area contributed by atoms with Gasteiger partial charge < -0.3 is 20.3 Å². The van der Waals surface area contributed by atoms with E-state index >= 15 is 0 Å². The van der Waals surface area contributed by atoms with Crippen molar-refractivity contribution in [1.82, 2.24) is 0 Å². The van der Waals surface area contributed by atoms with Crippen LogP contribution >= 0.6 is 0 Å². The summed E-state index contributed by atoms with van der Waals surface area (Å²) in [5, 5.41) is 20.3. The average Bonchev–Trinajstić information content (AvgIpc) is 2.50. The lowest BCUT2D eigenvalue weighted by Gasteiger charge is -2.10. The zero-order valence-corrected chi connectivity index (χ0v) is 11.6. The highest BCUT2D eigenvalue weighted by atomic mass is 16.5. The van der Waals surface area contributed by atoms with Gasteiger partial charge in [-0.25, -0.2) is 0 Å². The van der Waals surface area contributed by atoms with Crippen molar-refractivity contribution in [1.29, 1.82) is 0 Å². The van der Waals surface area contributed by atoms with Crippen molar-refractivity contribution in [2.24, 2.45) is 0 Å². The second kappa shape index (κ2) is 6.88. The molecule has 0 radical (unpaired) electrons. The molecule has 0 aliphatic heterocycles. The lowest BCUT2D eigenvalue weighted by atomic mass is 10.2. The van der Waals surface area contributed by atoms with E-state index in [4.69, 9.17) is 9.84 Å². The molecular weight excluding hydrogens is 270 g/mol. The van der Waals surface area contributed by atoms with Crippen LogP contribution < -0.4 is 10.1 Å². The Morgan fingerprint density at radius 1 is 1.10 bits per heavy atom. The molecule has 110 valence electrons. The summed E-state index contributed by atoms with van der Waals surface area (Å²) in [4.78, 5) is 11.4. The van der Waals surface area contributed by atoms with Gasteiger partial charge in [-0.3, -0.25) is 4.79 Å².